The minimum absolute atomic E-state index is 0.0963. The highest BCUT2D eigenvalue weighted by atomic mass is 35.5. The molecule has 0 saturated heterocycles. The van der Waals surface area contributed by atoms with Gasteiger partial charge in [-0.2, -0.15) is 4.98 Å². The number of aliphatic hydroxyl groups excluding tert-OH is 1. The van der Waals surface area contributed by atoms with E-state index in [1.54, 1.807) is 0 Å². The minimum Gasteiger partial charge on any atom is -0.474 e. The van der Waals surface area contributed by atoms with Gasteiger partial charge in [-0.25, -0.2) is 0 Å². The van der Waals surface area contributed by atoms with Crippen LogP contribution in [0.5, 0.6) is 5.88 Å². The molecule has 0 amide bonds. The summed E-state index contributed by atoms with van der Waals surface area (Å²) in [6.45, 7) is 2.78. The van der Waals surface area contributed by atoms with Crippen molar-refractivity contribution in [2.45, 2.75) is 19.8 Å². The molecule has 0 aromatic carbocycles. The summed E-state index contributed by atoms with van der Waals surface area (Å²) < 4.78 is 5.19. The van der Waals surface area contributed by atoms with Crippen LogP contribution >= 0.6 is 34.8 Å². The Kier molecular flexibility index (Phi) is 6.86. The quantitative estimate of drug-likeness (QED) is 0.596. The van der Waals surface area contributed by atoms with Crippen molar-refractivity contribution in [2.75, 3.05) is 25.1 Å². The van der Waals surface area contributed by atoms with Gasteiger partial charge in [0.15, 0.2) is 5.15 Å². The highest BCUT2D eigenvalue weighted by Crippen LogP contribution is 2.40. The van der Waals surface area contributed by atoms with Gasteiger partial charge < -0.3 is 15.2 Å². The number of anilines is 1. The number of nitrogens with zero attached hydrogens (tertiary/aromatic N) is 1. The van der Waals surface area contributed by atoms with Gasteiger partial charge in [-0.3, -0.25) is 0 Å². The van der Waals surface area contributed by atoms with Gasteiger partial charge in [0.2, 0.25) is 5.88 Å². The lowest BCUT2D eigenvalue weighted by Gasteiger charge is -2.14. The molecule has 2 N–H and O–H groups in total. The molecule has 0 unspecified atom stereocenters. The van der Waals surface area contributed by atoms with Crippen molar-refractivity contribution >= 4 is 40.5 Å². The van der Waals surface area contributed by atoms with Crippen LogP contribution in [0, 0.1) is 0 Å². The van der Waals surface area contributed by atoms with Crippen LogP contribution < -0.4 is 10.1 Å². The zero-order valence-corrected chi connectivity index (χ0v) is 12.2. The highest BCUT2D eigenvalue weighted by Gasteiger charge is 2.17. The van der Waals surface area contributed by atoms with Crippen LogP contribution in [0.2, 0.25) is 15.2 Å². The van der Waals surface area contributed by atoms with E-state index in [4.69, 9.17) is 44.6 Å². The summed E-state index contributed by atoms with van der Waals surface area (Å²) in [5, 5.41) is 12.5. The lowest BCUT2D eigenvalue weighted by molar-refractivity contribution is 0.197. The zero-order valence-electron chi connectivity index (χ0n) is 9.97. The number of aromatic nitrogens is 1. The number of aliphatic hydroxyl groups is 1. The van der Waals surface area contributed by atoms with E-state index in [1.165, 1.54) is 0 Å². The van der Waals surface area contributed by atoms with Crippen LogP contribution in [0.1, 0.15) is 19.8 Å². The number of unbranched alkanes of at least 4 members (excludes halogenated alkanes) is 1. The summed E-state index contributed by atoms with van der Waals surface area (Å²) in [6, 6.07) is 0. The van der Waals surface area contributed by atoms with Gasteiger partial charge in [-0.1, -0.05) is 48.1 Å². The van der Waals surface area contributed by atoms with E-state index in [2.05, 4.69) is 17.2 Å². The Bertz CT molecular complexity index is 402. The number of nitrogens with one attached hydrogen (secondary N) is 1. The molecule has 1 heterocycles. The number of rotatable bonds is 7. The van der Waals surface area contributed by atoms with Crippen molar-refractivity contribution < 1.29 is 9.84 Å². The Balaban J connectivity index is 2.94. The van der Waals surface area contributed by atoms with Crippen LogP contribution in [0.3, 0.4) is 0 Å². The minimum atomic E-state index is -0.128. The Morgan fingerprint density at radius 3 is 2.61 bits per heavy atom. The van der Waals surface area contributed by atoms with Crippen molar-refractivity contribution in [2.24, 2.45) is 0 Å². The van der Waals surface area contributed by atoms with Crippen LogP contribution in [-0.4, -0.2) is 29.8 Å². The monoisotopic (exact) mass is 312 g/mol. The lowest BCUT2D eigenvalue weighted by Crippen LogP contribution is -2.07. The third kappa shape index (κ3) is 4.05. The van der Waals surface area contributed by atoms with E-state index < -0.39 is 0 Å². The fraction of sp³-hybridized carbons (Fsp3) is 0.545. The van der Waals surface area contributed by atoms with Crippen LogP contribution in [0.4, 0.5) is 5.69 Å². The standard InChI is InChI=1S/C11H15Cl3N2O2/c1-2-3-4-15-9-7(12)10(14)16-11(8(9)13)18-6-5-17/h17H,2-6H2,1H3,(H,15,16). The van der Waals surface area contributed by atoms with Gasteiger partial charge in [0.25, 0.3) is 0 Å². The number of pyridine rings is 1. The smallest absolute Gasteiger partial charge is 0.236 e. The molecule has 0 aliphatic rings. The van der Waals surface area contributed by atoms with Crippen LogP contribution in [0.15, 0.2) is 0 Å². The molecule has 4 nitrogen and oxygen atoms in total. The van der Waals surface area contributed by atoms with Gasteiger partial charge in [0.1, 0.15) is 16.7 Å². The second-order valence-electron chi connectivity index (χ2n) is 3.56. The average molecular weight is 314 g/mol. The first-order valence-corrected chi connectivity index (χ1v) is 6.77. The first kappa shape index (κ1) is 15.6. The second kappa shape index (κ2) is 7.89. The van der Waals surface area contributed by atoms with Gasteiger partial charge in [0, 0.05) is 6.54 Å². The van der Waals surface area contributed by atoms with Crippen molar-refractivity contribution in [3.8, 4) is 5.88 Å². The SMILES string of the molecule is CCCCNc1c(Cl)c(Cl)nc(OCCO)c1Cl. The zero-order chi connectivity index (χ0) is 13.5. The fourth-order valence-electron chi connectivity index (χ4n) is 1.28. The fourth-order valence-corrected chi connectivity index (χ4v) is 1.96. The Hall–Kier alpha value is -0.420. The van der Waals surface area contributed by atoms with Crippen molar-refractivity contribution in [3.63, 3.8) is 0 Å². The summed E-state index contributed by atoms with van der Waals surface area (Å²) >= 11 is 18.1. The lowest BCUT2D eigenvalue weighted by atomic mass is 10.3. The van der Waals surface area contributed by atoms with Crippen LogP contribution in [-0.2, 0) is 0 Å². The van der Waals surface area contributed by atoms with Gasteiger partial charge >= 0.3 is 0 Å². The Labute approximate surface area is 121 Å². The molecule has 0 bridgehead atoms. The van der Waals surface area contributed by atoms with Crippen LogP contribution in [0.25, 0.3) is 0 Å². The predicted molar refractivity (Wildman–Crippen MR) is 75.2 cm³/mol. The summed E-state index contributed by atoms with van der Waals surface area (Å²) in [7, 11) is 0. The van der Waals surface area contributed by atoms with Crippen molar-refractivity contribution in [3.05, 3.63) is 15.2 Å². The molecule has 0 aliphatic carbocycles. The molecular weight excluding hydrogens is 298 g/mol. The van der Waals surface area contributed by atoms with Gasteiger partial charge in [0.05, 0.1) is 12.3 Å². The molecule has 7 heteroatoms. The predicted octanol–water partition coefficient (Wildman–Crippen LogP) is 3.62. The first-order chi connectivity index (χ1) is 8.61. The highest BCUT2D eigenvalue weighted by molar-refractivity contribution is 6.45. The third-order valence-electron chi connectivity index (χ3n) is 2.17. The summed E-state index contributed by atoms with van der Waals surface area (Å²) in [5.74, 6) is 0.166. The largest absolute Gasteiger partial charge is 0.474 e. The molecule has 0 radical (unpaired) electrons. The van der Waals surface area contributed by atoms with E-state index in [1.807, 2.05) is 0 Å². The maximum absolute atomic E-state index is 8.71. The second-order valence-corrected chi connectivity index (χ2v) is 4.68. The molecule has 102 valence electrons. The molecule has 1 rings (SSSR count). The van der Waals surface area contributed by atoms with E-state index in [0.29, 0.717) is 5.69 Å². The molecule has 0 fully saturated rings. The van der Waals surface area contributed by atoms with E-state index in [0.717, 1.165) is 19.4 Å². The molecule has 0 atom stereocenters. The number of hydrogen-bond donors (Lipinski definition) is 2. The van der Waals surface area contributed by atoms with Crippen molar-refractivity contribution in [1.29, 1.82) is 0 Å². The average Bonchev–Trinajstić information content (AvgIpc) is 2.36. The summed E-state index contributed by atoms with van der Waals surface area (Å²) in [5.41, 5.74) is 0.514. The van der Waals surface area contributed by atoms with Gasteiger partial charge in [-0.05, 0) is 6.42 Å². The molecule has 1 aromatic rings. The normalized spacial score (nSPS) is 10.5. The topological polar surface area (TPSA) is 54.4 Å². The van der Waals surface area contributed by atoms with E-state index >= 15 is 0 Å². The first-order valence-electron chi connectivity index (χ1n) is 5.63. The molecule has 1 aromatic heterocycles. The maximum Gasteiger partial charge on any atom is 0.236 e. The number of ether oxygens (including phenoxy) is 1. The summed E-state index contributed by atoms with van der Waals surface area (Å²) in [6.07, 6.45) is 2.04. The van der Waals surface area contributed by atoms with Gasteiger partial charge in [-0.15, -0.1) is 0 Å². The third-order valence-corrected chi connectivity index (χ3v) is 3.26. The molecule has 0 aliphatic heterocycles. The number of halogens is 3. The van der Waals surface area contributed by atoms with E-state index in [-0.39, 0.29) is 34.3 Å². The van der Waals surface area contributed by atoms with Crippen molar-refractivity contribution in [1.82, 2.24) is 4.98 Å². The maximum atomic E-state index is 8.71. The molecular formula is C11H15Cl3N2O2. The molecule has 18 heavy (non-hydrogen) atoms. The Morgan fingerprint density at radius 2 is 2.00 bits per heavy atom. The molecule has 0 saturated carbocycles. The Morgan fingerprint density at radius 1 is 1.28 bits per heavy atom. The number of hydrogen-bond acceptors (Lipinski definition) is 4. The molecule has 0 spiro atoms. The van der Waals surface area contributed by atoms with E-state index in [9.17, 15) is 0 Å². The summed E-state index contributed by atoms with van der Waals surface area (Å²) in [4.78, 5) is 3.93.